The zero-order chi connectivity index (χ0) is 15.7. The molecular formula is C13H13Cl2N5O2. The first-order valence-electron chi connectivity index (χ1n) is 6.74. The van der Waals surface area contributed by atoms with E-state index in [-0.39, 0.29) is 28.2 Å². The molecule has 1 saturated heterocycles. The topological polar surface area (TPSA) is 95.0 Å². The molecule has 1 atom stereocenters. The summed E-state index contributed by atoms with van der Waals surface area (Å²) >= 11 is 11.8. The van der Waals surface area contributed by atoms with Crippen LogP contribution in [0.3, 0.4) is 0 Å². The lowest BCUT2D eigenvalue weighted by molar-refractivity contribution is 0.0784. The van der Waals surface area contributed by atoms with E-state index < -0.39 is 0 Å². The van der Waals surface area contributed by atoms with Crippen molar-refractivity contribution >= 4 is 29.1 Å². The lowest BCUT2D eigenvalue weighted by atomic mass is 10.1. The minimum Gasteiger partial charge on any atom is -0.506 e. The average Bonchev–Trinajstić information content (AvgIpc) is 3.14. The van der Waals surface area contributed by atoms with E-state index in [4.69, 9.17) is 23.2 Å². The van der Waals surface area contributed by atoms with Gasteiger partial charge in [-0.3, -0.25) is 4.79 Å². The van der Waals surface area contributed by atoms with Crippen LogP contribution in [0.4, 0.5) is 0 Å². The van der Waals surface area contributed by atoms with Crippen molar-refractivity contribution in [3.05, 3.63) is 33.6 Å². The van der Waals surface area contributed by atoms with Gasteiger partial charge in [0.15, 0.2) is 5.82 Å². The number of phenols is 1. The van der Waals surface area contributed by atoms with Crippen LogP contribution in [0.25, 0.3) is 0 Å². The highest BCUT2D eigenvalue weighted by molar-refractivity contribution is 6.36. The predicted molar refractivity (Wildman–Crippen MR) is 80.0 cm³/mol. The number of H-pyrrole nitrogens is 1. The molecule has 2 aromatic rings. The van der Waals surface area contributed by atoms with Crippen molar-refractivity contribution in [2.24, 2.45) is 5.92 Å². The number of amides is 1. The number of tetrazole rings is 1. The molecule has 7 nitrogen and oxygen atoms in total. The third kappa shape index (κ3) is 3.00. The average molecular weight is 342 g/mol. The number of hydrogen-bond donors (Lipinski definition) is 2. The van der Waals surface area contributed by atoms with Crippen LogP contribution in [0.2, 0.25) is 10.0 Å². The van der Waals surface area contributed by atoms with Crippen LogP contribution in [0.1, 0.15) is 22.6 Å². The van der Waals surface area contributed by atoms with Crippen LogP contribution in [0, 0.1) is 5.92 Å². The quantitative estimate of drug-likeness (QED) is 0.889. The molecule has 1 amide bonds. The Morgan fingerprint density at radius 3 is 3.00 bits per heavy atom. The molecule has 1 aromatic carbocycles. The second-order valence-corrected chi connectivity index (χ2v) is 6.07. The summed E-state index contributed by atoms with van der Waals surface area (Å²) in [6.45, 7) is 1.17. The summed E-state index contributed by atoms with van der Waals surface area (Å²) < 4.78 is 0. The first-order valence-corrected chi connectivity index (χ1v) is 7.50. The molecule has 116 valence electrons. The van der Waals surface area contributed by atoms with Gasteiger partial charge in [-0.2, -0.15) is 5.21 Å². The molecule has 1 fully saturated rings. The third-order valence-corrected chi connectivity index (χ3v) is 4.20. The molecule has 9 heteroatoms. The fraction of sp³-hybridized carbons (Fsp3) is 0.385. The zero-order valence-electron chi connectivity index (χ0n) is 11.5. The summed E-state index contributed by atoms with van der Waals surface area (Å²) in [6, 6.07) is 2.83. The van der Waals surface area contributed by atoms with Gasteiger partial charge in [-0.25, -0.2) is 0 Å². The summed E-state index contributed by atoms with van der Waals surface area (Å²) in [6.07, 6.45) is 1.50. The van der Waals surface area contributed by atoms with Crippen molar-refractivity contribution in [3.63, 3.8) is 0 Å². The summed E-state index contributed by atoms with van der Waals surface area (Å²) in [4.78, 5) is 14.2. The SMILES string of the molecule is O=C(c1cc(Cl)cc(Cl)c1O)N1CCC(Cc2nn[nH]n2)C1. The van der Waals surface area contributed by atoms with Crippen LogP contribution in [0.5, 0.6) is 5.75 Å². The number of nitrogens with zero attached hydrogens (tertiary/aromatic N) is 4. The Bertz CT molecular complexity index is 692. The number of carbonyl (C=O) groups is 1. The molecule has 0 spiro atoms. The molecule has 1 unspecified atom stereocenters. The van der Waals surface area contributed by atoms with Crippen molar-refractivity contribution in [1.82, 2.24) is 25.5 Å². The van der Waals surface area contributed by atoms with E-state index in [2.05, 4.69) is 20.6 Å². The smallest absolute Gasteiger partial charge is 0.257 e. The maximum absolute atomic E-state index is 12.5. The van der Waals surface area contributed by atoms with Gasteiger partial charge in [0.2, 0.25) is 0 Å². The van der Waals surface area contributed by atoms with Gasteiger partial charge in [-0.15, -0.1) is 10.2 Å². The Hall–Kier alpha value is -1.86. The Labute approximate surface area is 136 Å². The molecule has 1 aromatic heterocycles. The van der Waals surface area contributed by atoms with Gasteiger partial charge >= 0.3 is 0 Å². The Balaban J connectivity index is 1.71. The fourth-order valence-corrected chi connectivity index (χ4v) is 3.10. The minimum absolute atomic E-state index is 0.0680. The highest BCUT2D eigenvalue weighted by Gasteiger charge is 2.29. The summed E-state index contributed by atoms with van der Waals surface area (Å²) in [5.41, 5.74) is 0.123. The third-order valence-electron chi connectivity index (χ3n) is 3.69. The van der Waals surface area contributed by atoms with E-state index in [1.54, 1.807) is 4.90 Å². The van der Waals surface area contributed by atoms with Crippen molar-refractivity contribution < 1.29 is 9.90 Å². The minimum atomic E-state index is -0.280. The standard InChI is InChI=1S/C13H13Cl2N5O2/c14-8-4-9(12(21)10(15)5-8)13(22)20-2-1-7(6-20)3-11-16-18-19-17-11/h4-5,7,21H,1-3,6H2,(H,16,17,18,19). The number of aromatic nitrogens is 4. The Morgan fingerprint density at radius 1 is 1.45 bits per heavy atom. The fourth-order valence-electron chi connectivity index (χ4n) is 2.61. The van der Waals surface area contributed by atoms with E-state index in [1.807, 2.05) is 0 Å². The lowest BCUT2D eigenvalue weighted by Gasteiger charge is -2.17. The summed E-state index contributed by atoms with van der Waals surface area (Å²) in [5, 5.41) is 24.1. The number of aromatic amines is 1. The molecule has 0 bridgehead atoms. The van der Waals surface area contributed by atoms with Gasteiger partial charge < -0.3 is 10.0 Å². The van der Waals surface area contributed by atoms with Crippen molar-refractivity contribution in [2.75, 3.05) is 13.1 Å². The van der Waals surface area contributed by atoms with Crippen molar-refractivity contribution in [3.8, 4) is 5.75 Å². The number of rotatable bonds is 3. The molecule has 1 aliphatic heterocycles. The van der Waals surface area contributed by atoms with Gasteiger partial charge in [0.05, 0.1) is 10.6 Å². The number of likely N-dealkylation sites (tertiary alicyclic amines) is 1. The van der Waals surface area contributed by atoms with Crippen LogP contribution in [0.15, 0.2) is 12.1 Å². The van der Waals surface area contributed by atoms with Crippen LogP contribution in [-0.4, -0.2) is 49.6 Å². The normalized spacial score (nSPS) is 17.9. The van der Waals surface area contributed by atoms with Gasteiger partial charge in [-0.05, 0) is 24.5 Å². The molecule has 22 heavy (non-hydrogen) atoms. The van der Waals surface area contributed by atoms with Crippen LogP contribution in [-0.2, 0) is 6.42 Å². The molecule has 0 radical (unpaired) electrons. The van der Waals surface area contributed by atoms with Gasteiger partial charge in [0.25, 0.3) is 5.91 Å². The first kappa shape index (κ1) is 15.1. The number of benzene rings is 1. The molecule has 1 aliphatic rings. The van der Waals surface area contributed by atoms with E-state index in [0.717, 1.165) is 6.42 Å². The van der Waals surface area contributed by atoms with Gasteiger partial charge in [-0.1, -0.05) is 28.4 Å². The number of phenolic OH excluding ortho intramolecular Hbond substituents is 1. The molecule has 0 aliphatic carbocycles. The highest BCUT2D eigenvalue weighted by Crippen LogP contribution is 2.33. The Kier molecular flexibility index (Phi) is 4.17. The molecule has 2 heterocycles. The maximum atomic E-state index is 12.5. The van der Waals surface area contributed by atoms with Gasteiger partial charge in [0.1, 0.15) is 5.75 Å². The number of hydrogen-bond acceptors (Lipinski definition) is 5. The van der Waals surface area contributed by atoms with Crippen LogP contribution < -0.4 is 0 Å². The van der Waals surface area contributed by atoms with Gasteiger partial charge in [0, 0.05) is 24.5 Å². The number of carbonyl (C=O) groups excluding carboxylic acids is 1. The van der Waals surface area contributed by atoms with Crippen LogP contribution >= 0.6 is 23.2 Å². The summed E-state index contributed by atoms with van der Waals surface area (Å²) in [7, 11) is 0. The second kappa shape index (κ2) is 6.10. The number of nitrogens with one attached hydrogen (secondary N) is 1. The van der Waals surface area contributed by atoms with E-state index in [0.29, 0.717) is 30.4 Å². The molecule has 2 N–H and O–H groups in total. The van der Waals surface area contributed by atoms with Crippen molar-refractivity contribution in [1.29, 1.82) is 0 Å². The number of aromatic hydroxyl groups is 1. The summed E-state index contributed by atoms with van der Waals surface area (Å²) in [5.74, 6) is 0.376. The van der Waals surface area contributed by atoms with E-state index >= 15 is 0 Å². The monoisotopic (exact) mass is 341 g/mol. The molecule has 0 saturated carbocycles. The van der Waals surface area contributed by atoms with E-state index in [9.17, 15) is 9.90 Å². The Morgan fingerprint density at radius 2 is 2.27 bits per heavy atom. The van der Waals surface area contributed by atoms with E-state index in [1.165, 1.54) is 12.1 Å². The van der Waals surface area contributed by atoms with Crippen molar-refractivity contribution in [2.45, 2.75) is 12.8 Å². The first-order chi connectivity index (χ1) is 10.5. The predicted octanol–water partition coefficient (Wildman–Crippen LogP) is 1.92. The highest BCUT2D eigenvalue weighted by atomic mass is 35.5. The largest absolute Gasteiger partial charge is 0.506 e. The lowest BCUT2D eigenvalue weighted by Crippen LogP contribution is -2.29. The molecular weight excluding hydrogens is 329 g/mol. The second-order valence-electron chi connectivity index (χ2n) is 5.22. The number of halogens is 2. The maximum Gasteiger partial charge on any atom is 0.257 e. The zero-order valence-corrected chi connectivity index (χ0v) is 13.0. The molecule has 3 rings (SSSR count).